The molecule has 0 aliphatic heterocycles. The molecule has 5 heteroatoms. The number of aryl methyl sites for hydroxylation is 1. The summed E-state index contributed by atoms with van der Waals surface area (Å²) in [7, 11) is 3.66. The van der Waals surface area contributed by atoms with Crippen LogP contribution in [0, 0.1) is 0 Å². The van der Waals surface area contributed by atoms with Crippen LogP contribution in [0.5, 0.6) is 0 Å². The summed E-state index contributed by atoms with van der Waals surface area (Å²) in [6.45, 7) is 1.06. The number of aliphatic carboxylic acids is 1. The molecule has 2 aromatic rings. The number of hydrogen-bond acceptors (Lipinski definition) is 3. The van der Waals surface area contributed by atoms with Gasteiger partial charge in [-0.15, -0.1) is 0 Å². The molecule has 0 saturated carbocycles. The maximum absolute atomic E-state index is 10.9. The highest BCUT2D eigenvalue weighted by Crippen LogP contribution is 2.19. The standard InChI is InChI=1S/C14H19N3O2/c1-15-12(14(18)19)8-16-7-10-9-17(2)13-6-4-3-5-11(10)13/h3-6,9,12,15-16H,7-8H2,1-2H3,(H,18,19). The molecule has 3 N–H and O–H groups in total. The number of hydrogen-bond donors (Lipinski definition) is 3. The molecule has 2 rings (SSSR count). The Balaban J connectivity index is 2.04. The second-order valence-electron chi connectivity index (χ2n) is 4.59. The molecule has 5 nitrogen and oxygen atoms in total. The molecule has 0 spiro atoms. The number of carboxylic acid groups (broad SMARTS) is 1. The second-order valence-corrected chi connectivity index (χ2v) is 4.59. The van der Waals surface area contributed by atoms with E-state index in [-0.39, 0.29) is 0 Å². The van der Waals surface area contributed by atoms with E-state index in [0.717, 1.165) is 0 Å². The van der Waals surface area contributed by atoms with Crippen molar-refractivity contribution in [3.63, 3.8) is 0 Å². The van der Waals surface area contributed by atoms with E-state index in [1.165, 1.54) is 16.5 Å². The van der Waals surface area contributed by atoms with Gasteiger partial charge in [0.25, 0.3) is 0 Å². The lowest BCUT2D eigenvalue weighted by atomic mass is 10.2. The van der Waals surface area contributed by atoms with Crippen LogP contribution in [0.3, 0.4) is 0 Å². The molecule has 0 aliphatic carbocycles. The first-order valence-electron chi connectivity index (χ1n) is 6.27. The van der Waals surface area contributed by atoms with Crippen molar-refractivity contribution in [2.75, 3.05) is 13.6 Å². The molecule has 1 unspecified atom stereocenters. The summed E-state index contributed by atoms with van der Waals surface area (Å²) in [5, 5.41) is 16.1. The summed E-state index contributed by atoms with van der Waals surface area (Å²) >= 11 is 0. The lowest BCUT2D eigenvalue weighted by molar-refractivity contribution is -0.139. The maximum atomic E-state index is 10.9. The van der Waals surface area contributed by atoms with Crippen LogP contribution in [-0.4, -0.2) is 35.3 Å². The zero-order valence-corrected chi connectivity index (χ0v) is 11.2. The van der Waals surface area contributed by atoms with E-state index in [1.54, 1.807) is 7.05 Å². The van der Waals surface area contributed by atoms with Gasteiger partial charge in [-0.25, -0.2) is 0 Å². The fourth-order valence-corrected chi connectivity index (χ4v) is 2.23. The predicted octanol–water partition coefficient (Wildman–Crippen LogP) is 0.940. The van der Waals surface area contributed by atoms with Crippen LogP contribution < -0.4 is 10.6 Å². The van der Waals surface area contributed by atoms with Gasteiger partial charge in [0, 0.05) is 37.2 Å². The second kappa shape index (κ2) is 5.86. The third kappa shape index (κ3) is 2.94. The van der Waals surface area contributed by atoms with Gasteiger partial charge in [-0.1, -0.05) is 18.2 Å². The summed E-state index contributed by atoms with van der Waals surface area (Å²) in [4.78, 5) is 10.9. The van der Waals surface area contributed by atoms with Gasteiger partial charge in [-0.05, 0) is 18.7 Å². The number of likely N-dealkylation sites (N-methyl/N-ethyl adjacent to an activating group) is 1. The van der Waals surface area contributed by atoms with E-state index in [0.29, 0.717) is 13.1 Å². The lowest BCUT2D eigenvalue weighted by Crippen LogP contribution is -2.42. The molecule has 0 saturated heterocycles. The van der Waals surface area contributed by atoms with E-state index in [1.807, 2.05) is 19.2 Å². The van der Waals surface area contributed by atoms with Crippen LogP contribution in [0.15, 0.2) is 30.5 Å². The van der Waals surface area contributed by atoms with E-state index in [9.17, 15) is 4.79 Å². The fourth-order valence-electron chi connectivity index (χ4n) is 2.23. The molecule has 1 heterocycles. The molecule has 0 amide bonds. The zero-order valence-electron chi connectivity index (χ0n) is 11.2. The smallest absolute Gasteiger partial charge is 0.322 e. The Morgan fingerprint density at radius 1 is 1.42 bits per heavy atom. The van der Waals surface area contributed by atoms with E-state index in [2.05, 4.69) is 33.5 Å². The van der Waals surface area contributed by atoms with Crippen molar-refractivity contribution in [2.24, 2.45) is 7.05 Å². The van der Waals surface area contributed by atoms with Gasteiger partial charge >= 0.3 is 5.97 Å². The zero-order chi connectivity index (χ0) is 13.8. The van der Waals surface area contributed by atoms with Crippen molar-refractivity contribution in [3.05, 3.63) is 36.0 Å². The molecular weight excluding hydrogens is 242 g/mol. The van der Waals surface area contributed by atoms with Crippen LogP contribution in [-0.2, 0) is 18.4 Å². The Morgan fingerprint density at radius 3 is 2.84 bits per heavy atom. The van der Waals surface area contributed by atoms with Gasteiger partial charge in [-0.2, -0.15) is 0 Å². The van der Waals surface area contributed by atoms with Gasteiger partial charge in [0.2, 0.25) is 0 Å². The van der Waals surface area contributed by atoms with Gasteiger partial charge < -0.3 is 20.3 Å². The summed E-state index contributed by atoms with van der Waals surface area (Å²) in [5.41, 5.74) is 2.36. The molecule has 1 atom stereocenters. The molecule has 19 heavy (non-hydrogen) atoms. The van der Waals surface area contributed by atoms with Crippen LogP contribution in [0.2, 0.25) is 0 Å². The molecule has 0 aliphatic rings. The average molecular weight is 261 g/mol. The highest BCUT2D eigenvalue weighted by atomic mass is 16.4. The first kappa shape index (κ1) is 13.6. The predicted molar refractivity (Wildman–Crippen MR) is 75.1 cm³/mol. The Morgan fingerprint density at radius 2 is 2.16 bits per heavy atom. The average Bonchev–Trinajstić information content (AvgIpc) is 2.72. The van der Waals surface area contributed by atoms with Crippen molar-refractivity contribution >= 4 is 16.9 Å². The van der Waals surface area contributed by atoms with Crippen LogP contribution in [0.1, 0.15) is 5.56 Å². The molecular formula is C14H19N3O2. The molecule has 102 valence electrons. The Kier molecular flexibility index (Phi) is 4.19. The van der Waals surface area contributed by atoms with Crippen LogP contribution >= 0.6 is 0 Å². The quantitative estimate of drug-likeness (QED) is 0.724. The third-order valence-corrected chi connectivity index (χ3v) is 3.29. The minimum Gasteiger partial charge on any atom is -0.480 e. The topological polar surface area (TPSA) is 66.3 Å². The van der Waals surface area contributed by atoms with Gasteiger partial charge in [0.15, 0.2) is 0 Å². The highest BCUT2D eigenvalue weighted by Gasteiger charge is 2.14. The molecule has 1 aromatic carbocycles. The lowest BCUT2D eigenvalue weighted by Gasteiger charge is -2.11. The third-order valence-electron chi connectivity index (χ3n) is 3.29. The molecule has 1 aromatic heterocycles. The van der Waals surface area contributed by atoms with Gasteiger partial charge in [0.05, 0.1) is 0 Å². The van der Waals surface area contributed by atoms with Gasteiger partial charge in [0.1, 0.15) is 6.04 Å². The van der Waals surface area contributed by atoms with E-state index >= 15 is 0 Å². The number of fused-ring (bicyclic) bond motifs is 1. The first-order chi connectivity index (χ1) is 9.13. The maximum Gasteiger partial charge on any atom is 0.322 e. The normalized spacial score (nSPS) is 12.7. The summed E-state index contributed by atoms with van der Waals surface area (Å²) in [6.07, 6.45) is 2.08. The number of carbonyl (C=O) groups is 1. The van der Waals surface area contributed by atoms with Crippen LogP contribution in [0.4, 0.5) is 0 Å². The Hall–Kier alpha value is -1.85. The van der Waals surface area contributed by atoms with E-state index < -0.39 is 12.0 Å². The number of carboxylic acids is 1. The minimum atomic E-state index is -0.840. The van der Waals surface area contributed by atoms with Crippen LogP contribution in [0.25, 0.3) is 10.9 Å². The van der Waals surface area contributed by atoms with Crippen molar-refractivity contribution in [1.82, 2.24) is 15.2 Å². The SMILES string of the molecule is CNC(CNCc1cn(C)c2ccccc12)C(=O)O. The summed E-state index contributed by atoms with van der Waals surface area (Å²) < 4.78 is 2.08. The Labute approximate surface area is 112 Å². The largest absolute Gasteiger partial charge is 0.480 e. The van der Waals surface area contributed by atoms with Crippen molar-refractivity contribution in [1.29, 1.82) is 0 Å². The highest BCUT2D eigenvalue weighted by molar-refractivity contribution is 5.83. The number of benzene rings is 1. The van der Waals surface area contributed by atoms with Gasteiger partial charge in [-0.3, -0.25) is 4.79 Å². The summed E-state index contributed by atoms with van der Waals surface area (Å²) in [5.74, 6) is -0.840. The number of rotatable bonds is 6. The number of para-hydroxylation sites is 1. The molecule has 0 bridgehead atoms. The monoisotopic (exact) mass is 261 g/mol. The van der Waals surface area contributed by atoms with Crippen molar-refractivity contribution in [3.8, 4) is 0 Å². The molecule has 0 radical (unpaired) electrons. The molecule has 0 fully saturated rings. The van der Waals surface area contributed by atoms with Crippen molar-refractivity contribution in [2.45, 2.75) is 12.6 Å². The number of nitrogens with zero attached hydrogens (tertiary/aromatic N) is 1. The van der Waals surface area contributed by atoms with E-state index in [4.69, 9.17) is 5.11 Å². The first-order valence-corrected chi connectivity index (χ1v) is 6.27. The summed E-state index contributed by atoms with van der Waals surface area (Å²) in [6, 6.07) is 7.63. The minimum absolute atomic E-state index is 0.398. The Bertz CT molecular complexity index is 577. The van der Waals surface area contributed by atoms with Crippen molar-refractivity contribution < 1.29 is 9.90 Å². The fraction of sp³-hybridized carbons (Fsp3) is 0.357. The number of aromatic nitrogens is 1. The number of nitrogens with one attached hydrogen (secondary N) is 2.